The van der Waals surface area contributed by atoms with E-state index in [1.54, 1.807) is 67.3 Å². The van der Waals surface area contributed by atoms with Crippen molar-refractivity contribution in [2.45, 2.75) is 25.9 Å². The third-order valence-corrected chi connectivity index (χ3v) is 5.22. The first-order chi connectivity index (χ1) is 15.6. The topological polar surface area (TPSA) is 92.6 Å². The number of aliphatic hydroxyl groups is 1. The van der Waals surface area contributed by atoms with Gasteiger partial charge < -0.3 is 14.7 Å². The predicted molar refractivity (Wildman–Crippen MR) is 119 cm³/mol. The quantitative estimate of drug-likeness (QED) is 0.348. The number of carbonyl (C=O) groups excluding carboxylic acids is 2. The lowest BCUT2D eigenvalue weighted by atomic mass is 9.96. The van der Waals surface area contributed by atoms with Gasteiger partial charge in [0.05, 0.1) is 18.2 Å². The molecule has 1 atom stereocenters. The van der Waals surface area contributed by atoms with Gasteiger partial charge in [-0.05, 0) is 53.9 Å². The zero-order valence-corrected chi connectivity index (χ0v) is 17.6. The number of carbonyl (C=O) groups is 2. The lowest BCUT2D eigenvalue weighted by Gasteiger charge is -2.25. The SMILES string of the molecule is CCCOc1ccc(C(O)=C2C(=O)C(=O)N(Cc3cccnc3)[C@@H]2c2cccnc2)cc1. The van der Waals surface area contributed by atoms with E-state index in [2.05, 4.69) is 9.97 Å². The minimum atomic E-state index is -0.764. The van der Waals surface area contributed by atoms with Crippen LogP contribution in [0.15, 0.2) is 78.9 Å². The highest BCUT2D eigenvalue weighted by Crippen LogP contribution is 2.40. The van der Waals surface area contributed by atoms with Gasteiger partial charge in [0.2, 0.25) is 0 Å². The van der Waals surface area contributed by atoms with Crippen LogP contribution in [0.5, 0.6) is 5.75 Å². The molecule has 1 fully saturated rings. The number of nitrogens with zero attached hydrogens (tertiary/aromatic N) is 3. The number of hydrogen-bond acceptors (Lipinski definition) is 6. The lowest BCUT2D eigenvalue weighted by molar-refractivity contribution is -0.140. The Kier molecular flexibility index (Phi) is 6.26. The molecule has 162 valence electrons. The maximum atomic E-state index is 13.0. The van der Waals surface area contributed by atoms with Crippen molar-refractivity contribution < 1.29 is 19.4 Å². The second kappa shape index (κ2) is 9.43. The Bertz CT molecular complexity index is 1130. The number of pyridine rings is 2. The van der Waals surface area contributed by atoms with E-state index in [0.717, 1.165) is 12.0 Å². The zero-order chi connectivity index (χ0) is 22.5. The summed E-state index contributed by atoms with van der Waals surface area (Å²) in [4.78, 5) is 35.7. The molecule has 4 rings (SSSR count). The van der Waals surface area contributed by atoms with Crippen LogP contribution in [0.1, 0.15) is 36.1 Å². The molecule has 3 aromatic rings. The highest BCUT2D eigenvalue weighted by molar-refractivity contribution is 6.46. The molecule has 1 aliphatic heterocycles. The third-order valence-electron chi connectivity index (χ3n) is 5.22. The number of ketones is 1. The second-order valence-corrected chi connectivity index (χ2v) is 7.45. The van der Waals surface area contributed by atoms with E-state index in [4.69, 9.17) is 4.74 Å². The van der Waals surface area contributed by atoms with Crippen LogP contribution in [-0.4, -0.2) is 38.3 Å². The molecule has 1 saturated heterocycles. The van der Waals surface area contributed by atoms with Crippen molar-refractivity contribution in [3.8, 4) is 5.75 Å². The summed E-state index contributed by atoms with van der Waals surface area (Å²) in [5, 5.41) is 11.1. The van der Waals surface area contributed by atoms with Gasteiger partial charge in [-0.15, -0.1) is 0 Å². The van der Waals surface area contributed by atoms with Crippen molar-refractivity contribution >= 4 is 17.4 Å². The summed E-state index contributed by atoms with van der Waals surface area (Å²) in [6, 6.07) is 13.2. The van der Waals surface area contributed by atoms with E-state index in [0.29, 0.717) is 23.5 Å². The average Bonchev–Trinajstić information content (AvgIpc) is 3.09. The molecular weight excluding hydrogens is 406 g/mol. The maximum Gasteiger partial charge on any atom is 0.295 e. The summed E-state index contributed by atoms with van der Waals surface area (Å²) in [5.41, 5.74) is 1.89. The summed E-state index contributed by atoms with van der Waals surface area (Å²) in [6.45, 7) is 2.79. The summed E-state index contributed by atoms with van der Waals surface area (Å²) in [5.74, 6) is -0.962. The van der Waals surface area contributed by atoms with Crippen LogP contribution in [0, 0.1) is 0 Å². The maximum absolute atomic E-state index is 13.0. The Morgan fingerprint density at radius 1 is 1.03 bits per heavy atom. The molecule has 0 unspecified atom stereocenters. The number of likely N-dealkylation sites (tertiary alicyclic amines) is 1. The molecule has 0 spiro atoms. The van der Waals surface area contributed by atoms with Crippen LogP contribution < -0.4 is 4.74 Å². The molecule has 0 aliphatic carbocycles. The van der Waals surface area contributed by atoms with E-state index in [-0.39, 0.29) is 17.9 Å². The number of amides is 1. The van der Waals surface area contributed by atoms with Crippen LogP contribution in [-0.2, 0) is 16.1 Å². The van der Waals surface area contributed by atoms with Gasteiger partial charge >= 0.3 is 0 Å². The fourth-order valence-electron chi connectivity index (χ4n) is 3.70. The number of rotatable bonds is 7. The Balaban J connectivity index is 1.76. The summed E-state index contributed by atoms with van der Waals surface area (Å²) in [7, 11) is 0. The molecule has 7 nitrogen and oxygen atoms in total. The Labute approximate surface area is 186 Å². The second-order valence-electron chi connectivity index (χ2n) is 7.45. The first-order valence-electron chi connectivity index (χ1n) is 10.4. The lowest BCUT2D eigenvalue weighted by Crippen LogP contribution is -2.29. The number of Topliss-reactive ketones (excluding diaryl/α,β-unsaturated/α-hetero) is 1. The predicted octanol–water partition coefficient (Wildman–Crippen LogP) is 3.89. The van der Waals surface area contributed by atoms with Gasteiger partial charge in [-0.1, -0.05) is 19.1 Å². The number of benzene rings is 1. The summed E-state index contributed by atoms with van der Waals surface area (Å²) >= 11 is 0. The van der Waals surface area contributed by atoms with Gasteiger partial charge in [0, 0.05) is 36.9 Å². The van der Waals surface area contributed by atoms with Gasteiger partial charge in [-0.3, -0.25) is 19.6 Å². The molecule has 1 amide bonds. The molecule has 1 N–H and O–H groups in total. The first kappa shape index (κ1) is 21.2. The van der Waals surface area contributed by atoms with Crippen LogP contribution in [0.2, 0.25) is 0 Å². The number of hydrogen-bond donors (Lipinski definition) is 1. The fraction of sp³-hybridized carbons (Fsp3) is 0.200. The molecule has 32 heavy (non-hydrogen) atoms. The number of aromatic nitrogens is 2. The van der Waals surface area contributed by atoms with Gasteiger partial charge in [0.25, 0.3) is 11.7 Å². The molecule has 7 heteroatoms. The van der Waals surface area contributed by atoms with E-state index in [9.17, 15) is 14.7 Å². The largest absolute Gasteiger partial charge is 0.507 e. The van der Waals surface area contributed by atoms with Crippen molar-refractivity contribution in [2.24, 2.45) is 0 Å². The molecule has 2 aromatic heterocycles. The van der Waals surface area contributed by atoms with Crippen molar-refractivity contribution in [1.82, 2.24) is 14.9 Å². The highest BCUT2D eigenvalue weighted by atomic mass is 16.5. The third kappa shape index (κ3) is 4.23. The van der Waals surface area contributed by atoms with Crippen molar-refractivity contribution in [1.29, 1.82) is 0 Å². The van der Waals surface area contributed by atoms with E-state index >= 15 is 0 Å². The smallest absolute Gasteiger partial charge is 0.295 e. The van der Waals surface area contributed by atoms with Crippen molar-refractivity contribution in [3.63, 3.8) is 0 Å². The van der Waals surface area contributed by atoms with Gasteiger partial charge in [-0.2, -0.15) is 0 Å². The summed E-state index contributed by atoms with van der Waals surface area (Å²) < 4.78 is 5.59. The monoisotopic (exact) mass is 429 g/mol. The molecule has 3 heterocycles. The Morgan fingerprint density at radius 3 is 2.38 bits per heavy atom. The van der Waals surface area contributed by atoms with Crippen LogP contribution in [0.4, 0.5) is 0 Å². The van der Waals surface area contributed by atoms with Gasteiger partial charge in [0.15, 0.2) is 0 Å². The molecule has 0 saturated carbocycles. The molecular formula is C25H23N3O4. The Morgan fingerprint density at radius 2 is 1.75 bits per heavy atom. The standard InChI is InChI=1S/C25H23N3O4/c1-2-13-32-20-9-7-18(8-10-20)23(29)21-22(19-6-4-12-27-15-19)28(25(31)24(21)30)16-17-5-3-11-26-14-17/h3-12,14-15,22,29H,2,13,16H2,1H3/t22-/m1/s1. The molecule has 0 bridgehead atoms. The van der Waals surface area contributed by atoms with Crippen molar-refractivity contribution in [3.05, 3.63) is 95.6 Å². The average molecular weight is 429 g/mol. The van der Waals surface area contributed by atoms with E-state index in [1.165, 1.54) is 4.90 Å². The van der Waals surface area contributed by atoms with Gasteiger partial charge in [0.1, 0.15) is 11.5 Å². The number of ether oxygens (including phenoxy) is 1. The van der Waals surface area contributed by atoms with Crippen molar-refractivity contribution in [2.75, 3.05) is 6.61 Å². The minimum Gasteiger partial charge on any atom is -0.507 e. The molecule has 0 radical (unpaired) electrons. The van der Waals surface area contributed by atoms with E-state index < -0.39 is 17.7 Å². The van der Waals surface area contributed by atoms with Crippen LogP contribution in [0.3, 0.4) is 0 Å². The van der Waals surface area contributed by atoms with Crippen LogP contribution in [0.25, 0.3) is 5.76 Å². The van der Waals surface area contributed by atoms with Crippen LogP contribution >= 0.6 is 0 Å². The van der Waals surface area contributed by atoms with Gasteiger partial charge in [-0.25, -0.2) is 0 Å². The highest BCUT2D eigenvalue weighted by Gasteiger charge is 2.46. The molecule has 1 aromatic carbocycles. The number of aliphatic hydroxyl groups excluding tert-OH is 1. The first-order valence-corrected chi connectivity index (χ1v) is 10.4. The minimum absolute atomic E-state index is 0.0362. The van der Waals surface area contributed by atoms with E-state index in [1.807, 2.05) is 13.0 Å². The Hall–Kier alpha value is -4.00. The zero-order valence-electron chi connectivity index (χ0n) is 17.6. The fourth-order valence-corrected chi connectivity index (χ4v) is 3.70. The molecule has 1 aliphatic rings. The summed E-state index contributed by atoms with van der Waals surface area (Å²) in [6.07, 6.45) is 7.39. The normalized spacial score (nSPS) is 17.5.